The summed E-state index contributed by atoms with van der Waals surface area (Å²) in [5, 5.41) is 0.436. The third-order valence-electron chi connectivity index (χ3n) is 2.61. The zero-order valence-corrected chi connectivity index (χ0v) is 12.2. The van der Waals surface area contributed by atoms with Crippen molar-refractivity contribution in [3.63, 3.8) is 0 Å². The van der Waals surface area contributed by atoms with Crippen molar-refractivity contribution >= 4 is 11.6 Å². The van der Waals surface area contributed by atoms with Gasteiger partial charge in [0.05, 0.1) is 12.8 Å². The van der Waals surface area contributed by atoms with E-state index in [0.29, 0.717) is 16.9 Å². The van der Waals surface area contributed by atoms with E-state index in [1.54, 1.807) is 25.4 Å². The molecule has 0 saturated carbocycles. The van der Waals surface area contributed by atoms with Crippen molar-refractivity contribution in [3.8, 4) is 17.1 Å². The van der Waals surface area contributed by atoms with Crippen molar-refractivity contribution in [2.45, 2.75) is 26.2 Å². The van der Waals surface area contributed by atoms with E-state index in [2.05, 4.69) is 35.7 Å². The monoisotopic (exact) mass is 277 g/mol. The molecule has 0 atom stereocenters. The van der Waals surface area contributed by atoms with Crippen LogP contribution in [0.15, 0.2) is 24.4 Å². The molecule has 0 amide bonds. The van der Waals surface area contributed by atoms with E-state index in [4.69, 9.17) is 16.3 Å². The SMILES string of the molecule is COc1ccc(-c2cc(Cl)nc(C(C)(C)C)n2)cn1. The van der Waals surface area contributed by atoms with Crippen LogP contribution in [0.1, 0.15) is 26.6 Å². The van der Waals surface area contributed by atoms with Crippen LogP contribution in [0, 0.1) is 0 Å². The number of aromatic nitrogens is 3. The van der Waals surface area contributed by atoms with Crippen LogP contribution in [0.3, 0.4) is 0 Å². The Morgan fingerprint density at radius 1 is 1.16 bits per heavy atom. The zero-order chi connectivity index (χ0) is 14.0. The summed E-state index contributed by atoms with van der Waals surface area (Å²) < 4.78 is 5.04. The van der Waals surface area contributed by atoms with Gasteiger partial charge in [0.2, 0.25) is 5.88 Å². The number of nitrogens with zero attached hydrogens (tertiary/aromatic N) is 3. The van der Waals surface area contributed by atoms with Crippen molar-refractivity contribution in [1.29, 1.82) is 0 Å². The van der Waals surface area contributed by atoms with Crippen molar-refractivity contribution < 1.29 is 4.74 Å². The molecule has 2 heterocycles. The average Bonchev–Trinajstić information content (AvgIpc) is 2.37. The lowest BCUT2D eigenvalue weighted by molar-refractivity contribution is 0.398. The van der Waals surface area contributed by atoms with Gasteiger partial charge in [0.1, 0.15) is 11.0 Å². The fraction of sp³-hybridized carbons (Fsp3) is 0.357. The summed E-state index contributed by atoms with van der Waals surface area (Å²) in [5.41, 5.74) is 1.50. The number of ether oxygens (including phenoxy) is 1. The van der Waals surface area contributed by atoms with Crippen molar-refractivity contribution in [2.75, 3.05) is 7.11 Å². The molecule has 0 saturated heterocycles. The molecular formula is C14H16ClN3O. The van der Waals surface area contributed by atoms with E-state index in [0.717, 1.165) is 11.3 Å². The number of hydrogen-bond donors (Lipinski definition) is 0. The number of halogens is 1. The molecule has 19 heavy (non-hydrogen) atoms. The van der Waals surface area contributed by atoms with Gasteiger partial charge in [0, 0.05) is 29.3 Å². The van der Waals surface area contributed by atoms with Crippen LogP contribution >= 0.6 is 11.6 Å². The van der Waals surface area contributed by atoms with E-state index in [-0.39, 0.29) is 5.41 Å². The highest BCUT2D eigenvalue weighted by molar-refractivity contribution is 6.29. The van der Waals surface area contributed by atoms with E-state index >= 15 is 0 Å². The lowest BCUT2D eigenvalue weighted by Gasteiger charge is -2.17. The highest BCUT2D eigenvalue weighted by Gasteiger charge is 2.19. The van der Waals surface area contributed by atoms with Crippen LogP contribution in [-0.2, 0) is 5.41 Å². The summed E-state index contributed by atoms with van der Waals surface area (Å²) in [6.45, 7) is 6.15. The van der Waals surface area contributed by atoms with Gasteiger partial charge in [0.25, 0.3) is 0 Å². The first kappa shape index (κ1) is 13.7. The number of rotatable bonds is 2. The molecule has 0 unspecified atom stereocenters. The van der Waals surface area contributed by atoms with Crippen LogP contribution in [0.4, 0.5) is 0 Å². The lowest BCUT2D eigenvalue weighted by Crippen LogP contribution is -2.16. The summed E-state index contributed by atoms with van der Waals surface area (Å²) in [6, 6.07) is 5.43. The molecule has 100 valence electrons. The van der Waals surface area contributed by atoms with Gasteiger partial charge in [-0.3, -0.25) is 0 Å². The number of pyridine rings is 1. The summed E-state index contributed by atoms with van der Waals surface area (Å²) in [4.78, 5) is 13.0. The predicted octanol–water partition coefficient (Wildman–Crippen LogP) is 3.50. The van der Waals surface area contributed by atoms with E-state index < -0.39 is 0 Å². The van der Waals surface area contributed by atoms with Crippen molar-refractivity contribution in [3.05, 3.63) is 35.4 Å². The van der Waals surface area contributed by atoms with Gasteiger partial charge in [-0.05, 0) is 6.07 Å². The normalized spacial score (nSPS) is 11.4. The van der Waals surface area contributed by atoms with Crippen LogP contribution in [0.2, 0.25) is 5.15 Å². The Kier molecular flexibility index (Phi) is 3.71. The third-order valence-corrected chi connectivity index (χ3v) is 2.80. The number of methoxy groups -OCH3 is 1. The summed E-state index contributed by atoms with van der Waals surface area (Å²) in [7, 11) is 1.58. The summed E-state index contributed by atoms with van der Waals surface area (Å²) in [5.74, 6) is 1.28. The molecule has 0 radical (unpaired) electrons. The Hall–Kier alpha value is -1.68. The molecule has 0 aliphatic rings. The smallest absolute Gasteiger partial charge is 0.212 e. The maximum atomic E-state index is 6.07. The fourth-order valence-electron chi connectivity index (χ4n) is 1.55. The van der Waals surface area contributed by atoms with Gasteiger partial charge < -0.3 is 4.74 Å². The minimum Gasteiger partial charge on any atom is -0.481 e. The highest BCUT2D eigenvalue weighted by Crippen LogP contribution is 2.25. The molecule has 4 nitrogen and oxygen atoms in total. The minimum absolute atomic E-state index is 0.153. The first-order chi connectivity index (χ1) is 8.90. The Morgan fingerprint density at radius 2 is 1.89 bits per heavy atom. The van der Waals surface area contributed by atoms with Crippen LogP contribution in [-0.4, -0.2) is 22.1 Å². The van der Waals surface area contributed by atoms with Gasteiger partial charge in [-0.25, -0.2) is 15.0 Å². The lowest BCUT2D eigenvalue weighted by atomic mass is 9.95. The quantitative estimate of drug-likeness (QED) is 0.788. The van der Waals surface area contributed by atoms with Gasteiger partial charge in [0.15, 0.2) is 0 Å². The first-order valence-corrected chi connectivity index (χ1v) is 6.33. The van der Waals surface area contributed by atoms with E-state index in [1.165, 1.54) is 0 Å². The van der Waals surface area contributed by atoms with Crippen LogP contribution in [0.25, 0.3) is 11.3 Å². The van der Waals surface area contributed by atoms with Gasteiger partial charge in [-0.2, -0.15) is 0 Å². The van der Waals surface area contributed by atoms with Crippen LogP contribution in [0.5, 0.6) is 5.88 Å². The van der Waals surface area contributed by atoms with Crippen LogP contribution < -0.4 is 4.74 Å². The van der Waals surface area contributed by atoms with Gasteiger partial charge in [-0.1, -0.05) is 32.4 Å². The molecule has 0 N–H and O–H groups in total. The highest BCUT2D eigenvalue weighted by atomic mass is 35.5. The van der Waals surface area contributed by atoms with E-state index in [1.807, 2.05) is 6.07 Å². The molecular weight excluding hydrogens is 262 g/mol. The van der Waals surface area contributed by atoms with E-state index in [9.17, 15) is 0 Å². The molecule has 2 aromatic heterocycles. The summed E-state index contributed by atoms with van der Waals surface area (Å²) in [6.07, 6.45) is 1.71. The Bertz CT molecular complexity index is 576. The molecule has 5 heteroatoms. The molecule has 2 aromatic rings. The molecule has 0 spiro atoms. The van der Waals surface area contributed by atoms with Crippen molar-refractivity contribution in [1.82, 2.24) is 15.0 Å². The Labute approximate surface area is 117 Å². The first-order valence-electron chi connectivity index (χ1n) is 5.95. The number of hydrogen-bond acceptors (Lipinski definition) is 4. The zero-order valence-electron chi connectivity index (χ0n) is 11.4. The fourth-order valence-corrected chi connectivity index (χ4v) is 1.74. The minimum atomic E-state index is -0.153. The molecule has 0 bridgehead atoms. The summed E-state index contributed by atoms with van der Waals surface area (Å²) >= 11 is 6.07. The second-order valence-electron chi connectivity index (χ2n) is 5.24. The maximum Gasteiger partial charge on any atom is 0.212 e. The topological polar surface area (TPSA) is 47.9 Å². The predicted molar refractivity (Wildman–Crippen MR) is 75.5 cm³/mol. The maximum absolute atomic E-state index is 6.07. The second-order valence-corrected chi connectivity index (χ2v) is 5.63. The molecule has 0 aliphatic heterocycles. The third kappa shape index (κ3) is 3.20. The largest absolute Gasteiger partial charge is 0.481 e. The molecule has 0 aliphatic carbocycles. The Balaban J connectivity index is 2.46. The van der Waals surface area contributed by atoms with Crippen molar-refractivity contribution in [2.24, 2.45) is 0 Å². The van der Waals surface area contributed by atoms with Gasteiger partial charge >= 0.3 is 0 Å². The molecule has 0 aromatic carbocycles. The van der Waals surface area contributed by atoms with Gasteiger partial charge in [-0.15, -0.1) is 0 Å². The molecule has 0 fully saturated rings. The second kappa shape index (κ2) is 5.13. The Morgan fingerprint density at radius 3 is 2.42 bits per heavy atom. The molecule has 2 rings (SSSR count). The average molecular weight is 278 g/mol. The standard InChI is InChI=1S/C14H16ClN3O/c1-14(2,3)13-17-10(7-11(15)18-13)9-5-6-12(19-4)16-8-9/h5-8H,1-4H3.